The normalized spacial score (nSPS) is 12.4. The first-order valence-corrected chi connectivity index (χ1v) is 7.94. The van der Waals surface area contributed by atoms with Crippen LogP contribution in [0, 0.1) is 6.92 Å². The second-order valence-corrected chi connectivity index (χ2v) is 6.11. The molecule has 0 saturated carbocycles. The molecule has 0 fully saturated rings. The molecule has 3 nitrogen and oxygen atoms in total. The van der Waals surface area contributed by atoms with Gasteiger partial charge in [0.25, 0.3) is 0 Å². The number of nitrogens with one attached hydrogen (secondary N) is 1. The highest BCUT2D eigenvalue weighted by atomic mass is 32.1. The summed E-state index contributed by atoms with van der Waals surface area (Å²) in [6, 6.07) is 8.94. The van der Waals surface area contributed by atoms with Crippen molar-refractivity contribution in [2.24, 2.45) is 0 Å². The molecule has 0 bridgehead atoms. The Labute approximate surface area is 125 Å². The number of nitrogens with zero attached hydrogens (tertiary/aromatic N) is 2. The molecule has 2 aromatic rings. The number of hydrogen-bond acceptors (Lipinski definition) is 4. The summed E-state index contributed by atoms with van der Waals surface area (Å²) in [6.07, 6.45) is 0. The van der Waals surface area contributed by atoms with Gasteiger partial charge in [0, 0.05) is 24.2 Å². The number of thiazole rings is 1. The van der Waals surface area contributed by atoms with Gasteiger partial charge in [-0.1, -0.05) is 25.1 Å². The topological polar surface area (TPSA) is 28.2 Å². The van der Waals surface area contributed by atoms with E-state index >= 15 is 0 Å². The van der Waals surface area contributed by atoms with Crippen molar-refractivity contribution >= 4 is 17.0 Å². The first-order valence-electron chi connectivity index (χ1n) is 7.06. The van der Waals surface area contributed by atoms with Crippen LogP contribution < -0.4 is 10.2 Å². The Hall–Kier alpha value is -1.39. The van der Waals surface area contributed by atoms with E-state index in [1.807, 2.05) is 0 Å². The zero-order valence-electron chi connectivity index (χ0n) is 12.7. The number of aryl methyl sites for hydroxylation is 1. The van der Waals surface area contributed by atoms with Gasteiger partial charge in [0.15, 0.2) is 0 Å². The van der Waals surface area contributed by atoms with Crippen molar-refractivity contribution in [3.8, 4) is 0 Å². The molecule has 1 aromatic heterocycles. The van der Waals surface area contributed by atoms with Crippen LogP contribution in [0.4, 0.5) is 5.69 Å². The lowest BCUT2D eigenvalue weighted by molar-refractivity contribution is 0.596. The molecule has 0 aliphatic rings. The van der Waals surface area contributed by atoms with Gasteiger partial charge in [0.2, 0.25) is 0 Å². The number of aromatic nitrogens is 1. The zero-order valence-corrected chi connectivity index (χ0v) is 13.5. The van der Waals surface area contributed by atoms with Crippen molar-refractivity contribution in [1.82, 2.24) is 10.3 Å². The molecule has 1 aromatic carbocycles. The Morgan fingerprint density at radius 3 is 2.75 bits per heavy atom. The predicted molar refractivity (Wildman–Crippen MR) is 87.5 cm³/mol. The summed E-state index contributed by atoms with van der Waals surface area (Å²) in [5.41, 5.74) is 3.75. The molecule has 0 saturated heterocycles. The van der Waals surface area contributed by atoms with E-state index in [0.29, 0.717) is 6.04 Å². The Morgan fingerprint density at radius 2 is 2.10 bits per heavy atom. The second kappa shape index (κ2) is 6.86. The second-order valence-electron chi connectivity index (χ2n) is 5.05. The van der Waals surface area contributed by atoms with Crippen LogP contribution in [0.1, 0.15) is 36.2 Å². The lowest BCUT2D eigenvalue weighted by atomic mass is 10.1. The summed E-state index contributed by atoms with van der Waals surface area (Å²) < 4.78 is 0. The van der Waals surface area contributed by atoms with Gasteiger partial charge in [-0.2, -0.15) is 0 Å². The highest BCUT2D eigenvalue weighted by Gasteiger charge is 2.13. The van der Waals surface area contributed by atoms with Gasteiger partial charge in [-0.25, -0.2) is 4.98 Å². The number of anilines is 1. The highest BCUT2D eigenvalue weighted by Crippen LogP contribution is 2.26. The van der Waals surface area contributed by atoms with Crippen molar-refractivity contribution < 1.29 is 0 Å². The van der Waals surface area contributed by atoms with Gasteiger partial charge in [0.05, 0.1) is 17.2 Å². The lowest BCUT2D eigenvalue weighted by Crippen LogP contribution is -2.23. The van der Waals surface area contributed by atoms with Crippen LogP contribution in [0.15, 0.2) is 29.6 Å². The Bertz CT molecular complexity index is 550. The van der Waals surface area contributed by atoms with E-state index in [1.165, 1.54) is 11.3 Å². The van der Waals surface area contributed by atoms with E-state index in [2.05, 4.69) is 72.7 Å². The average Bonchev–Trinajstić information content (AvgIpc) is 2.84. The number of benzene rings is 1. The SMILES string of the molecule is CCNC(C)c1ccccc1N(C)Cc1csc(C)n1. The van der Waals surface area contributed by atoms with E-state index < -0.39 is 0 Å². The van der Waals surface area contributed by atoms with Crippen LogP contribution in [0.25, 0.3) is 0 Å². The van der Waals surface area contributed by atoms with Crippen molar-refractivity contribution in [2.45, 2.75) is 33.4 Å². The minimum absolute atomic E-state index is 0.357. The number of para-hydroxylation sites is 1. The third-order valence-corrected chi connectivity index (χ3v) is 4.21. The molecule has 1 atom stereocenters. The zero-order chi connectivity index (χ0) is 14.5. The van der Waals surface area contributed by atoms with Gasteiger partial charge >= 0.3 is 0 Å². The maximum atomic E-state index is 4.55. The molecular weight excluding hydrogens is 266 g/mol. The Morgan fingerprint density at radius 1 is 1.35 bits per heavy atom. The third-order valence-electron chi connectivity index (χ3n) is 3.39. The van der Waals surface area contributed by atoms with Crippen molar-refractivity contribution in [3.63, 3.8) is 0 Å². The number of rotatable bonds is 6. The minimum atomic E-state index is 0.357. The van der Waals surface area contributed by atoms with E-state index in [4.69, 9.17) is 0 Å². The maximum Gasteiger partial charge on any atom is 0.0898 e. The minimum Gasteiger partial charge on any atom is -0.368 e. The van der Waals surface area contributed by atoms with E-state index in [-0.39, 0.29) is 0 Å². The van der Waals surface area contributed by atoms with Crippen molar-refractivity contribution in [1.29, 1.82) is 0 Å². The van der Waals surface area contributed by atoms with Crippen LogP contribution in [-0.2, 0) is 6.54 Å². The largest absolute Gasteiger partial charge is 0.368 e. The molecule has 0 radical (unpaired) electrons. The monoisotopic (exact) mass is 289 g/mol. The summed E-state index contributed by atoms with van der Waals surface area (Å²) in [5, 5.41) is 6.75. The molecule has 2 rings (SSSR count). The molecule has 0 aliphatic heterocycles. The molecule has 0 spiro atoms. The third kappa shape index (κ3) is 3.58. The Kier molecular flexibility index (Phi) is 5.15. The van der Waals surface area contributed by atoms with Crippen LogP contribution in [0.5, 0.6) is 0 Å². The molecule has 4 heteroatoms. The summed E-state index contributed by atoms with van der Waals surface area (Å²) in [6.45, 7) is 8.23. The van der Waals surface area contributed by atoms with E-state index in [0.717, 1.165) is 23.8 Å². The van der Waals surface area contributed by atoms with Gasteiger partial charge < -0.3 is 10.2 Å². The molecule has 0 amide bonds. The molecule has 1 N–H and O–H groups in total. The molecule has 20 heavy (non-hydrogen) atoms. The first-order chi connectivity index (χ1) is 9.61. The average molecular weight is 289 g/mol. The fourth-order valence-corrected chi connectivity index (χ4v) is 3.03. The smallest absolute Gasteiger partial charge is 0.0898 e. The molecular formula is C16H23N3S. The summed E-state index contributed by atoms with van der Waals surface area (Å²) in [5.74, 6) is 0. The standard InChI is InChI=1S/C16H23N3S/c1-5-17-12(2)15-8-6-7-9-16(15)19(4)10-14-11-20-13(3)18-14/h6-9,11-12,17H,5,10H2,1-4H3. The van der Waals surface area contributed by atoms with E-state index in [9.17, 15) is 0 Å². The molecule has 0 aliphatic carbocycles. The van der Waals surface area contributed by atoms with Gasteiger partial charge in [-0.15, -0.1) is 11.3 Å². The fourth-order valence-electron chi connectivity index (χ4n) is 2.43. The van der Waals surface area contributed by atoms with Crippen molar-refractivity contribution in [3.05, 3.63) is 45.9 Å². The molecule has 108 valence electrons. The lowest BCUT2D eigenvalue weighted by Gasteiger charge is -2.25. The molecule has 1 heterocycles. The maximum absolute atomic E-state index is 4.55. The highest BCUT2D eigenvalue weighted by molar-refractivity contribution is 7.09. The summed E-state index contributed by atoms with van der Waals surface area (Å²) >= 11 is 1.71. The Balaban J connectivity index is 2.18. The predicted octanol–water partition coefficient (Wildman–Crippen LogP) is 3.76. The first kappa shape index (κ1) is 15.0. The quantitative estimate of drug-likeness (QED) is 0.877. The van der Waals surface area contributed by atoms with E-state index in [1.54, 1.807) is 11.3 Å². The van der Waals surface area contributed by atoms with Crippen LogP contribution >= 0.6 is 11.3 Å². The molecule has 1 unspecified atom stereocenters. The van der Waals surface area contributed by atoms with Gasteiger partial charge in [-0.3, -0.25) is 0 Å². The van der Waals surface area contributed by atoms with Gasteiger partial charge in [0.1, 0.15) is 0 Å². The summed E-state index contributed by atoms with van der Waals surface area (Å²) in [7, 11) is 2.13. The van der Waals surface area contributed by atoms with Crippen LogP contribution in [0.2, 0.25) is 0 Å². The van der Waals surface area contributed by atoms with Crippen LogP contribution in [0.3, 0.4) is 0 Å². The fraction of sp³-hybridized carbons (Fsp3) is 0.438. The summed E-state index contributed by atoms with van der Waals surface area (Å²) in [4.78, 5) is 6.82. The number of hydrogen-bond donors (Lipinski definition) is 1. The van der Waals surface area contributed by atoms with Gasteiger partial charge in [-0.05, 0) is 32.0 Å². The van der Waals surface area contributed by atoms with Crippen LogP contribution in [-0.4, -0.2) is 18.6 Å². The van der Waals surface area contributed by atoms with Crippen molar-refractivity contribution in [2.75, 3.05) is 18.5 Å².